The van der Waals surface area contributed by atoms with Crippen molar-refractivity contribution in [2.45, 2.75) is 61.3 Å². The van der Waals surface area contributed by atoms with E-state index < -0.39 is 0 Å². The second kappa shape index (κ2) is 8.37. The van der Waals surface area contributed by atoms with Gasteiger partial charge in [0.2, 0.25) is 0 Å². The van der Waals surface area contributed by atoms with Crippen molar-refractivity contribution < 1.29 is 0 Å². The van der Waals surface area contributed by atoms with Crippen molar-refractivity contribution in [1.82, 2.24) is 0 Å². The number of allylic oxidation sites excluding steroid dienone is 9. The summed E-state index contributed by atoms with van der Waals surface area (Å²) >= 11 is 0. The Morgan fingerprint density at radius 1 is 1.12 bits per heavy atom. The average molecular weight is 326 g/mol. The molecule has 0 spiro atoms. The van der Waals surface area contributed by atoms with Gasteiger partial charge in [-0.1, -0.05) is 50.3 Å². The van der Waals surface area contributed by atoms with Gasteiger partial charge in [0.05, 0.1) is 0 Å². The first kappa shape index (κ1) is 20.3. The van der Waals surface area contributed by atoms with E-state index in [1.54, 1.807) is 0 Å². The highest BCUT2D eigenvalue weighted by Crippen LogP contribution is 2.43. The SMILES string of the molecule is C=C(C1=C(C)C(CC=C(C)C)=C(N)[C@H](CC=C(C)C)C1=C)C(C)C. The first-order valence-electron chi connectivity index (χ1n) is 8.92. The summed E-state index contributed by atoms with van der Waals surface area (Å²) in [4.78, 5) is 0. The van der Waals surface area contributed by atoms with Crippen LogP contribution in [-0.2, 0) is 0 Å². The van der Waals surface area contributed by atoms with Crippen LogP contribution < -0.4 is 5.73 Å². The maximum Gasteiger partial charge on any atom is 0.0273 e. The fourth-order valence-electron chi connectivity index (χ4n) is 3.12. The summed E-state index contributed by atoms with van der Waals surface area (Å²) in [6.07, 6.45) is 6.31. The van der Waals surface area contributed by atoms with Gasteiger partial charge in [0.1, 0.15) is 0 Å². The van der Waals surface area contributed by atoms with Crippen LogP contribution in [-0.4, -0.2) is 0 Å². The Hall–Kier alpha value is -1.76. The van der Waals surface area contributed by atoms with E-state index in [1.807, 2.05) is 0 Å². The van der Waals surface area contributed by atoms with Crippen LogP contribution in [0.15, 0.2) is 70.0 Å². The minimum atomic E-state index is 0.176. The number of rotatable bonds is 6. The van der Waals surface area contributed by atoms with E-state index >= 15 is 0 Å². The summed E-state index contributed by atoms with van der Waals surface area (Å²) in [7, 11) is 0. The van der Waals surface area contributed by atoms with Crippen LogP contribution >= 0.6 is 0 Å². The normalized spacial score (nSPS) is 18.2. The van der Waals surface area contributed by atoms with Gasteiger partial charge in [0.15, 0.2) is 0 Å². The highest BCUT2D eigenvalue weighted by atomic mass is 14.6. The molecule has 1 aliphatic carbocycles. The molecule has 0 aliphatic heterocycles. The topological polar surface area (TPSA) is 26.0 Å². The quantitative estimate of drug-likeness (QED) is 0.545. The van der Waals surface area contributed by atoms with Gasteiger partial charge in [0.25, 0.3) is 0 Å². The fraction of sp³-hybridized carbons (Fsp3) is 0.478. The smallest absolute Gasteiger partial charge is 0.0273 e. The first-order chi connectivity index (χ1) is 11.1. The zero-order valence-electron chi connectivity index (χ0n) is 16.7. The standard InChI is InChI=1S/C23H35N/c1-14(2)10-12-20-18(8)22(17(7)16(5)6)19(9)21(23(20)24)13-11-15(3)4/h10-11,16,20H,7-8,12-13,24H2,1-6,9H3/t20-/m1/s1. The molecule has 1 heteroatoms. The van der Waals surface area contributed by atoms with Crippen LogP contribution in [0.1, 0.15) is 61.3 Å². The highest BCUT2D eigenvalue weighted by molar-refractivity contribution is 5.60. The van der Waals surface area contributed by atoms with Crippen LogP contribution in [0.2, 0.25) is 0 Å². The molecule has 0 heterocycles. The molecule has 1 atom stereocenters. The number of hydrogen-bond donors (Lipinski definition) is 1. The predicted molar refractivity (Wildman–Crippen MR) is 109 cm³/mol. The molecular formula is C23H35N. The monoisotopic (exact) mass is 325 g/mol. The van der Waals surface area contributed by atoms with Gasteiger partial charge >= 0.3 is 0 Å². The molecule has 0 aromatic heterocycles. The molecule has 2 N–H and O–H groups in total. The van der Waals surface area contributed by atoms with Crippen molar-refractivity contribution in [2.24, 2.45) is 17.6 Å². The van der Waals surface area contributed by atoms with Crippen molar-refractivity contribution in [3.05, 3.63) is 70.0 Å². The van der Waals surface area contributed by atoms with Gasteiger partial charge in [-0.2, -0.15) is 0 Å². The predicted octanol–water partition coefficient (Wildman–Crippen LogP) is 6.63. The van der Waals surface area contributed by atoms with Crippen LogP contribution in [0.5, 0.6) is 0 Å². The Morgan fingerprint density at radius 3 is 2.12 bits per heavy atom. The summed E-state index contributed by atoms with van der Waals surface area (Å²) in [5, 5.41) is 0. The fourth-order valence-corrected chi connectivity index (χ4v) is 3.12. The van der Waals surface area contributed by atoms with Crippen LogP contribution in [0, 0.1) is 11.8 Å². The third-order valence-corrected chi connectivity index (χ3v) is 4.79. The van der Waals surface area contributed by atoms with Crippen molar-refractivity contribution in [2.75, 3.05) is 0 Å². The first-order valence-corrected chi connectivity index (χ1v) is 8.92. The summed E-state index contributed by atoms with van der Waals surface area (Å²) in [5.74, 6) is 0.578. The molecule has 24 heavy (non-hydrogen) atoms. The lowest BCUT2D eigenvalue weighted by atomic mass is 9.73. The van der Waals surface area contributed by atoms with Crippen LogP contribution in [0.25, 0.3) is 0 Å². The van der Waals surface area contributed by atoms with Crippen molar-refractivity contribution in [1.29, 1.82) is 0 Å². The van der Waals surface area contributed by atoms with Gasteiger partial charge in [-0.15, -0.1) is 0 Å². The molecule has 0 bridgehead atoms. The number of hydrogen-bond acceptors (Lipinski definition) is 1. The van der Waals surface area contributed by atoms with E-state index in [9.17, 15) is 0 Å². The molecule has 132 valence electrons. The minimum absolute atomic E-state index is 0.176. The molecule has 0 unspecified atom stereocenters. The maximum absolute atomic E-state index is 6.61. The molecule has 0 saturated heterocycles. The number of nitrogens with two attached hydrogens (primary N) is 1. The Morgan fingerprint density at radius 2 is 1.67 bits per heavy atom. The Bertz CT molecular complexity index is 640. The molecule has 1 aliphatic rings. The Balaban J connectivity index is 3.46. The molecule has 0 aromatic rings. The van der Waals surface area contributed by atoms with E-state index in [0.29, 0.717) is 5.92 Å². The summed E-state index contributed by atoms with van der Waals surface area (Å²) in [6, 6.07) is 0. The maximum atomic E-state index is 6.61. The minimum Gasteiger partial charge on any atom is -0.401 e. The molecular weight excluding hydrogens is 290 g/mol. The molecule has 0 saturated carbocycles. The van der Waals surface area contributed by atoms with E-state index in [2.05, 4.69) is 73.8 Å². The summed E-state index contributed by atoms with van der Waals surface area (Å²) < 4.78 is 0. The van der Waals surface area contributed by atoms with Gasteiger partial charge in [-0.25, -0.2) is 0 Å². The molecule has 0 amide bonds. The van der Waals surface area contributed by atoms with Gasteiger partial charge in [-0.3, -0.25) is 0 Å². The molecule has 1 rings (SSSR count). The van der Waals surface area contributed by atoms with Gasteiger partial charge in [-0.05, 0) is 81.2 Å². The van der Waals surface area contributed by atoms with Crippen LogP contribution in [0.4, 0.5) is 0 Å². The van der Waals surface area contributed by atoms with Crippen molar-refractivity contribution in [3.8, 4) is 0 Å². The second-order valence-electron chi connectivity index (χ2n) is 7.69. The van der Waals surface area contributed by atoms with Crippen molar-refractivity contribution in [3.63, 3.8) is 0 Å². The molecule has 1 nitrogen and oxygen atoms in total. The average Bonchev–Trinajstić information content (AvgIpc) is 2.45. The third kappa shape index (κ3) is 4.63. The van der Waals surface area contributed by atoms with Crippen molar-refractivity contribution >= 4 is 0 Å². The largest absolute Gasteiger partial charge is 0.401 e. The zero-order chi connectivity index (χ0) is 18.6. The van der Waals surface area contributed by atoms with Gasteiger partial charge < -0.3 is 5.73 Å². The molecule has 0 fully saturated rings. The van der Waals surface area contributed by atoms with E-state index in [0.717, 1.165) is 24.1 Å². The Labute approximate surface area is 149 Å². The van der Waals surface area contributed by atoms with E-state index in [1.165, 1.54) is 33.4 Å². The molecule has 0 aromatic carbocycles. The highest BCUT2D eigenvalue weighted by Gasteiger charge is 2.29. The third-order valence-electron chi connectivity index (χ3n) is 4.79. The Kier molecular flexibility index (Phi) is 7.08. The summed E-state index contributed by atoms with van der Waals surface area (Å²) in [6.45, 7) is 23.8. The lowest BCUT2D eigenvalue weighted by Crippen LogP contribution is -2.24. The van der Waals surface area contributed by atoms with E-state index in [-0.39, 0.29) is 5.92 Å². The van der Waals surface area contributed by atoms with E-state index in [4.69, 9.17) is 5.73 Å². The molecule has 0 radical (unpaired) electrons. The summed E-state index contributed by atoms with van der Waals surface area (Å²) in [5.41, 5.74) is 16.3. The van der Waals surface area contributed by atoms with Crippen LogP contribution in [0.3, 0.4) is 0 Å². The van der Waals surface area contributed by atoms with Gasteiger partial charge in [0, 0.05) is 11.6 Å². The second-order valence-corrected chi connectivity index (χ2v) is 7.69. The lowest BCUT2D eigenvalue weighted by Gasteiger charge is -2.33. The lowest BCUT2D eigenvalue weighted by molar-refractivity contribution is 0.681. The zero-order valence-corrected chi connectivity index (χ0v) is 16.7.